The SMILES string of the molecule is COc1ccc(C23CC(C2)C3)cc1C1(C(=O)NS(=O)(=O)c2cccc3ncccc23)CC1. The van der Waals surface area contributed by atoms with Crippen LogP contribution in [0.15, 0.2) is 59.6 Å². The molecule has 4 aliphatic rings. The quantitative estimate of drug-likeness (QED) is 0.619. The maximum Gasteiger partial charge on any atom is 0.264 e. The van der Waals surface area contributed by atoms with E-state index in [2.05, 4.69) is 21.8 Å². The second-order valence-electron chi connectivity index (χ2n) is 9.52. The van der Waals surface area contributed by atoms with Crippen LogP contribution in [0.5, 0.6) is 5.75 Å². The van der Waals surface area contributed by atoms with E-state index in [-0.39, 0.29) is 10.3 Å². The van der Waals surface area contributed by atoms with Crippen LogP contribution in [0.2, 0.25) is 0 Å². The summed E-state index contributed by atoms with van der Waals surface area (Å²) >= 11 is 0. The molecular formula is C25H24N2O4S. The fraction of sp³-hybridized carbons (Fsp3) is 0.360. The highest BCUT2D eigenvalue weighted by Gasteiger charge is 2.59. The second-order valence-corrected chi connectivity index (χ2v) is 11.2. The number of amides is 1. The Morgan fingerprint density at radius 2 is 1.88 bits per heavy atom. The van der Waals surface area contributed by atoms with Gasteiger partial charge in [-0.05, 0) is 79.3 Å². The fourth-order valence-corrected chi connectivity index (χ4v) is 6.84. The van der Waals surface area contributed by atoms with Crippen LogP contribution in [0.4, 0.5) is 0 Å². The van der Waals surface area contributed by atoms with Crippen molar-refractivity contribution in [3.05, 3.63) is 65.9 Å². The minimum atomic E-state index is -4.06. The monoisotopic (exact) mass is 448 g/mol. The van der Waals surface area contributed by atoms with Crippen LogP contribution in [0.3, 0.4) is 0 Å². The lowest BCUT2D eigenvalue weighted by Gasteiger charge is -2.62. The number of hydrogen-bond acceptors (Lipinski definition) is 5. The zero-order valence-electron chi connectivity index (χ0n) is 17.8. The number of carbonyl (C=O) groups excluding carboxylic acids is 1. The normalized spacial score (nSPS) is 24.8. The van der Waals surface area contributed by atoms with Crippen LogP contribution >= 0.6 is 0 Å². The number of methoxy groups -OCH3 is 1. The smallest absolute Gasteiger partial charge is 0.264 e. The summed E-state index contributed by atoms with van der Waals surface area (Å²) in [4.78, 5) is 17.7. The Balaban J connectivity index is 1.35. The summed E-state index contributed by atoms with van der Waals surface area (Å²) in [6, 6.07) is 14.4. The molecule has 2 bridgehead atoms. The van der Waals surface area contributed by atoms with Gasteiger partial charge in [0.05, 0.1) is 22.9 Å². The van der Waals surface area contributed by atoms with E-state index in [1.807, 2.05) is 6.07 Å². The standard InChI is InChI=1S/C25H24N2O4S/c1-31-21-8-7-17(24-13-16(14-24)15-24)12-19(21)25(9-10-25)23(28)27-32(29,30)22-6-2-5-20-18(22)4-3-11-26-20/h2-8,11-12,16H,9-10,13-15H2,1H3,(H,27,28). The van der Waals surface area contributed by atoms with Gasteiger partial charge in [-0.3, -0.25) is 9.78 Å². The Morgan fingerprint density at radius 3 is 2.53 bits per heavy atom. The molecule has 4 saturated carbocycles. The van der Waals surface area contributed by atoms with Crippen molar-refractivity contribution in [2.45, 2.75) is 47.8 Å². The average molecular weight is 449 g/mol. The van der Waals surface area contributed by atoms with E-state index >= 15 is 0 Å². The number of fused-ring (bicyclic) bond motifs is 1. The molecule has 0 saturated heterocycles. The number of nitrogens with one attached hydrogen (secondary N) is 1. The highest BCUT2D eigenvalue weighted by Crippen LogP contribution is 2.66. The predicted molar refractivity (Wildman–Crippen MR) is 120 cm³/mol. The molecule has 1 aromatic heterocycles. The molecule has 164 valence electrons. The minimum Gasteiger partial charge on any atom is -0.496 e. The molecule has 4 fully saturated rings. The van der Waals surface area contributed by atoms with E-state index in [1.54, 1.807) is 37.6 Å². The third-order valence-corrected chi connectivity index (χ3v) is 9.06. The molecule has 4 aliphatic carbocycles. The van der Waals surface area contributed by atoms with Gasteiger partial charge in [-0.1, -0.05) is 18.2 Å². The molecule has 1 heterocycles. The van der Waals surface area contributed by atoms with Gasteiger partial charge in [-0.15, -0.1) is 0 Å². The maximum absolute atomic E-state index is 13.4. The van der Waals surface area contributed by atoms with Crippen molar-refractivity contribution in [2.24, 2.45) is 5.92 Å². The molecule has 0 unspecified atom stereocenters. The largest absolute Gasteiger partial charge is 0.496 e. The number of aromatic nitrogens is 1. The highest BCUT2D eigenvalue weighted by molar-refractivity contribution is 7.90. The van der Waals surface area contributed by atoms with E-state index in [0.717, 1.165) is 11.5 Å². The molecule has 0 radical (unpaired) electrons. The maximum atomic E-state index is 13.4. The Labute approximate surface area is 187 Å². The Morgan fingerprint density at radius 1 is 1.09 bits per heavy atom. The first-order valence-electron chi connectivity index (χ1n) is 11.0. The molecule has 0 aliphatic heterocycles. The summed E-state index contributed by atoms with van der Waals surface area (Å²) in [6.45, 7) is 0. The number of pyridine rings is 1. The Kier molecular flexibility index (Phi) is 4.03. The first kappa shape index (κ1) is 19.7. The van der Waals surface area contributed by atoms with Gasteiger partial charge in [0, 0.05) is 17.1 Å². The van der Waals surface area contributed by atoms with E-state index in [0.29, 0.717) is 29.5 Å². The van der Waals surface area contributed by atoms with Gasteiger partial charge >= 0.3 is 0 Å². The number of rotatable bonds is 6. The average Bonchev–Trinajstić information content (AvgIpc) is 3.53. The number of hydrogen-bond donors (Lipinski definition) is 1. The van der Waals surface area contributed by atoms with Crippen LogP contribution in [0.1, 0.15) is 43.2 Å². The molecule has 7 rings (SSSR count). The second kappa shape index (κ2) is 6.54. The summed E-state index contributed by atoms with van der Waals surface area (Å²) < 4.78 is 34.4. The van der Waals surface area contributed by atoms with E-state index < -0.39 is 21.3 Å². The number of carbonyl (C=O) groups is 1. The third kappa shape index (κ3) is 2.73. The predicted octanol–water partition coefficient (Wildman–Crippen LogP) is 3.83. The van der Waals surface area contributed by atoms with E-state index in [4.69, 9.17) is 4.74 Å². The van der Waals surface area contributed by atoms with Crippen molar-refractivity contribution in [1.82, 2.24) is 9.71 Å². The van der Waals surface area contributed by atoms with Gasteiger partial charge in [0.2, 0.25) is 5.91 Å². The van der Waals surface area contributed by atoms with Crippen molar-refractivity contribution in [1.29, 1.82) is 0 Å². The van der Waals surface area contributed by atoms with Gasteiger partial charge in [0.15, 0.2) is 0 Å². The molecule has 0 atom stereocenters. The van der Waals surface area contributed by atoms with Crippen LogP contribution in [0, 0.1) is 5.92 Å². The summed E-state index contributed by atoms with van der Waals surface area (Å²) in [5.74, 6) is 0.991. The topological polar surface area (TPSA) is 85.4 Å². The van der Waals surface area contributed by atoms with Gasteiger partial charge < -0.3 is 4.74 Å². The fourth-order valence-electron chi connectivity index (χ4n) is 5.57. The van der Waals surface area contributed by atoms with E-state index in [1.165, 1.54) is 30.9 Å². The number of ether oxygens (including phenoxy) is 1. The molecule has 6 nitrogen and oxygen atoms in total. The van der Waals surface area contributed by atoms with Crippen molar-refractivity contribution in [3.63, 3.8) is 0 Å². The summed E-state index contributed by atoms with van der Waals surface area (Å²) in [5, 5.41) is 0.489. The number of nitrogens with zero attached hydrogens (tertiary/aromatic N) is 1. The third-order valence-electron chi connectivity index (χ3n) is 7.67. The number of benzene rings is 2. The lowest BCUT2D eigenvalue weighted by molar-refractivity contribution is -0.121. The summed E-state index contributed by atoms with van der Waals surface area (Å²) in [7, 11) is -2.47. The summed E-state index contributed by atoms with van der Waals surface area (Å²) in [6.07, 6.45) is 6.44. The Bertz CT molecular complexity index is 1360. The summed E-state index contributed by atoms with van der Waals surface area (Å²) in [5.41, 5.74) is 1.99. The molecular weight excluding hydrogens is 424 g/mol. The molecule has 32 heavy (non-hydrogen) atoms. The van der Waals surface area contributed by atoms with Gasteiger partial charge in [-0.25, -0.2) is 13.1 Å². The van der Waals surface area contributed by atoms with Gasteiger partial charge in [0.1, 0.15) is 5.75 Å². The van der Waals surface area contributed by atoms with Crippen molar-refractivity contribution < 1.29 is 17.9 Å². The van der Waals surface area contributed by atoms with Gasteiger partial charge in [-0.2, -0.15) is 0 Å². The lowest BCUT2D eigenvalue weighted by atomic mass is 9.42. The molecule has 7 heteroatoms. The first-order valence-corrected chi connectivity index (χ1v) is 12.5. The van der Waals surface area contributed by atoms with Crippen molar-refractivity contribution in [3.8, 4) is 5.75 Å². The van der Waals surface area contributed by atoms with Crippen LogP contribution in [-0.4, -0.2) is 26.4 Å². The van der Waals surface area contributed by atoms with Crippen LogP contribution in [0.25, 0.3) is 10.9 Å². The first-order chi connectivity index (χ1) is 15.4. The zero-order chi connectivity index (χ0) is 22.1. The van der Waals surface area contributed by atoms with Gasteiger partial charge in [0.25, 0.3) is 10.0 Å². The molecule has 3 aromatic rings. The van der Waals surface area contributed by atoms with Crippen LogP contribution < -0.4 is 9.46 Å². The zero-order valence-corrected chi connectivity index (χ0v) is 18.6. The molecule has 1 N–H and O–H groups in total. The minimum absolute atomic E-state index is 0.0573. The molecule has 1 amide bonds. The van der Waals surface area contributed by atoms with Crippen LogP contribution in [-0.2, 0) is 25.6 Å². The highest BCUT2D eigenvalue weighted by atomic mass is 32.2. The number of sulfonamides is 1. The van der Waals surface area contributed by atoms with Crippen molar-refractivity contribution in [2.75, 3.05) is 7.11 Å². The van der Waals surface area contributed by atoms with E-state index in [9.17, 15) is 13.2 Å². The van der Waals surface area contributed by atoms with Crippen molar-refractivity contribution >= 4 is 26.8 Å². The molecule has 0 spiro atoms. The Hall–Kier alpha value is -2.93. The molecule has 2 aromatic carbocycles. The lowest BCUT2D eigenvalue weighted by Crippen LogP contribution is -2.55.